The van der Waals surface area contributed by atoms with Gasteiger partial charge in [-0.2, -0.15) is 0 Å². The molecule has 28 heavy (non-hydrogen) atoms. The van der Waals surface area contributed by atoms with E-state index in [1.54, 1.807) is 30.8 Å². The highest BCUT2D eigenvalue weighted by molar-refractivity contribution is 7.07. The van der Waals surface area contributed by atoms with Crippen molar-refractivity contribution < 1.29 is 14.3 Å². The zero-order valence-corrected chi connectivity index (χ0v) is 16.6. The van der Waals surface area contributed by atoms with Crippen molar-refractivity contribution in [2.45, 2.75) is 25.5 Å². The first-order chi connectivity index (χ1) is 13.7. The quantitative estimate of drug-likeness (QED) is 0.631. The van der Waals surface area contributed by atoms with E-state index in [1.165, 1.54) is 11.3 Å². The molecule has 1 aliphatic heterocycles. The van der Waals surface area contributed by atoms with Crippen molar-refractivity contribution in [2.75, 3.05) is 20.2 Å². The highest BCUT2D eigenvalue weighted by Gasteiger charge is 2.25. The lowest BCUT2D eigenvalue weighted by Gasteiger charge is -2.33. The molecule has 7 heteroatoms. The van der Waals surface area contributed by atoms with E-state index in [2.05, 4.69) is 21.9 Å². The van der Waals surface area contributed by atoms with Crippen LogP contribution in [0.3, 0.4) is 0 Å². The van der Waals surface area contributed by atoms with Gasteiger partial charge in [-0.3, -0.25) is 4.79 Å². The van der Waals surface area contributed by atoms with Crippen LogP contribution in [0.1, 0.15) is 34.9 Å². The lowest BCUT2D eigenvalue weighted by molar-refractivity contribution is 0.0694. The molecule has 1 saturated heterocycles. The zero-order chi connectivity index (χ0) is 19.3. The number of carbonyl (C=O) groups is 1. The van der Waals surface area contributed by atoms with Gasteiger partial charge in [0.05, 0.1) is 18.3 Å². The van der Waals surface area contributed by atoms with Crippen LogP contribution < -0.4 is 9.47 Å². The zero-order valence-electron chi connectivity index (χ0n) is 15.8. The summed E-state index contributed by atoms with van der Waals surface area (Å²) in [6, 6.07) is 9.92. The minimum Gasteiger partial charge on any atom is -0.493 e. The molecular weight excluding hydrogens is 374 g/mol. The van der Waals surface area contributed by atoms with Crippen LogP contribution in [0, 0.1) is 0 Å². The van der Waals surface area contributed by atoms with Gasteiger partial charge in [0.25, 0.3) is 5.91 Å². The second kappa shape index (κ2) is 8.48. The number of piperidine rings is 1. The Hall–Kier alpha value is -2.80. The van der Waals surface area contributed by atoms with Crippen LogP contribution in [0.2, 0.25) is 0 Å². The van der Waals surface area contributed by atoms with E-state index in [1.807, 2.05) is 22.4 Å². The molecule has 146 valence electrons. The summed E-state index contributed by atoms with van der Waals surface area (Å²) in [4.78, 5) is 19.1. The van der Waals surface area contributed by atoms with Crippen LogP contribution >= 0.6 is 11.3 Å². The third kappa shape index (κ3) is 4.04. The second-order valence-corrected chi connectivity index (χ2v) is 7.51. The summed E-state index contributed by atoms with van der Waals surface area (Å²) < 4.78 is 13.5. The van der Waals surface area contributed by atoms with E-state index in [-0.39, 0.29) is 5.91 Å². The van der Waals surface area contributed by atoms with Gasteiger partial charge in [-0.25, -0.2) is 4.98 Å². The average molecular weight is 398 g/mol. The number of amides is 1. The fourth-order valence-corrected chi connectivity index (χ4v) is 4.06. The van der Waals surface area contributed by atoms with Crippen molar-refractivity contribution in [1.82, 2.24) is 14.5 Å². The molecule has 0 N–H and O–H groups in total. The van der Waals surface area contributed by atoms with Crippen molar-refractivity contribution in [1.29, 1.82) is 0 Å². The van der Waals surface area contributed by atoms with Crippen molar-refractivity contribution in [3.8, 4) is 11.5 Å². The number of carbonyl (C=O) groups excluding carboxylic acids is 1. The number of methoxy groups -OCH3 is 1. The Bertz CT molecular complexity index is 901. The monoisotopic (exact) mass is 397 g/mol. The van der Waals surface area contributed by atoms with Crippen LogP contribution in [0.25, 0.3) is 0 Å². The van der Waals surface area contributed by atoms with Gasteiger partial charge in [0.15, 0.2) is 11.5 Å². The molecule has 1 aromatic carbocycles. The number of likely N-dealkylation sites (tertiary alicyclic amines) is 1. The van der Waals surface area contributed by atoms with E-state index in [9.17, 15) is 4.79 Å². The first-order valence-electron chi connectivity index (χ1n) is 9.34. The Kier molecular flexibility index (Phi) is 5.62. The number of thiazole rings is 1. The minimum absolute atomic E-state index is 0.0373. The Morgan fingerprint density at radius 2 is 2.00 bits per heavy atom. The molecule has 0 bridgehead atoms. The number of benzene rings is 1. The van der Waals surface area contributed by atoms with Gasteiger partial charge in [-0.15, -0.1) is 11.3 Å². The number of ether oxygens (including phenoxy) is 2. The van der Waals surface area contributed by atoms with Crippen LogP contribution in [0.15, 0.2) is 53.6 Å². The lowest BCUT2D eigenvalue weighted by Crippen LogP contribution is -2.38. The van der Waals surface area contributed by atoms with Gasteiger partial charge in [0.2, 0.25) is 0 Å². The lowest BCUT2D eigenvalue weighted by atomic mass is 10.0. The van der Waals surface area contributed by atoms with Crippen molar-refractivity contribution >= 4 is 17.2 Å². The Morgan fingerprint density at radius 3 is 2.68 bits per heavy atom. The van der Waals surface area contributed by atoms with Crippen LogP contribution in [0.4, 0.5) is 0 Å². The fraction of sp³-hybridized carbons (Fsp3) is 0.333. The van der Waals surface area contributed by atoms with Gasteiger partial charge in [0.1, 0.15) is 6.61 Å². The SMILES string of the molecule is COc1cc(C(=O)N2CCC(n3cccc3)CC2)ccc1OCc1cscn1. The fourth-order valence-electron chi connectivity index (χ4n) is 3.52. The van der Waals surface area contributed by atoms with Crippen LogP contribution in [-0.2, 0) is 6.61 Å². The van der Waals surface area contributed by atoms with Gasteiger partial charge < -0.3 is 18.9 Å². The Morgan fingerprint density at radius 1 is 1.21 bits per heavy atom. The van der Waals surface area contributed by atoms with E-state index in [0.29, 0.717) is 29.7 Å². The smallest absolute Gasteiger partial charge is 0.253 e. The number of hydrogen-bond donors (Lipinski definition) is 0. The largest absolute Gasteiger partial charge is 0.493 e. The first kappa shape index (κ1) is 18.6. The molecule has 0 aliphatic carbocycles. The third-order valence-corrected chi connectivity index (χ3v) is 5.71. The van der Waals surface area contributed by atoms with Gasteiger partial charge in [-0.05, 0) is 43.2 Å². The molecule has 4 rings (SSSR count). The molecule has 3 aromatic rings. The average Bonchev–Trinajstić information content (AvgIpc) is 3.46. The van der Waals surface area contributed by atoms with Crippen molar-refractivity contribution in [3.63, 3.8) is 0 Å². The third-order valence-electron chi connectivity index (χ3n) is 5.07. The second-order valence-electron chi connectivity index (χ2n) is 6.79. The summed E-state index contributed by atoms with van der Waals surface area (Å²) in [5.41, 5.74) is 3.27. The predicted octanol–water partition coefficient (Wildman–Crippen LogP) is 4.01. The maximum Gasteiger partial charge on any atom is 0.253 e. The molecule has 0 atom stereocenters. The molecule has 6 nitrogen and oxygen atoms in total. The first-order valence-corrected chi connectivity index (χ1v) is 10.3. The Balaban J connectivity index is 1.40. The maximum atomic E-state index is 12.9. The van der Waals surface area contributed by atoms with Crippen LogP contribution in [0.5, 0.6) is 11.5 Å². The maximum absolute atomic E-state index is 12.9. The van der Waals surface area contributed by atoms with E-state index >= 15 is 0 Å². The van der Waals surface area contributed by atoms with Gasteiger partial charge in [0, 0.05) is 42.5 Å². The summed E-state index contributed by atoms with van der Waals surface area (Å²) in [7, 11) is 1.59. The molecular formula is C21H23N3O3S. The molecule has 1 amide bonds. The van der Waals surface area contributed by atoms with Crippen LogP contribution in [-0.4, -0.2) is 40.6 Å². The summed E-state index contributed by atoms with van der Waals surface area (Å²) in [5.74, 6) is 1.21. The molecule has 1 fully saturated rings. The van der Waals surface area contributed by atoms with Gasteiger partial charge >= 0.3 is 0 Å². The topological polar surface area (TPSA) is 56.6 Å². The van der Waals surface area contributed by atoms with Crippen molar-refractivity contribution in [3.05, 3.63) is 64.9 Å². The number of rotatable bonds is 6. The normalized spacial score (nSPS) is 14.8. The predicted molar refractivity (Wildman–Crippen MR) is 108 cm³/mol. The number of nitrogens with zero attached hydrogens (tertiary/aromatic N) is 3. The molecule has 0 unspecified atom stereocenters. The summed E-state index contributed by atoms with van der Waals surface area (Å²) in [6.07, 6.45) is 6.12. The Labute approximate surface area is 168 Å². The van der Waals surface area contributed by atoms with E-state index in [0.717, 1.165) is 31.6 Å². The minimum atomic E-state index is 0.0373. The van der Waals surface area contributed by atoms with Gasteiger partial charge in [-0.1, -0.05) is 0 Å². The molecule has 0 spiro atoms. The number of hydrogen-bond acceptors (Lipinski definition) is 5. The summed E-state index contributed by atoms with van der Waals surface area (Å²) in [6.45, 7) is 1.89. The van der Waals surface area contributed by atoms with E-state index < -0.39 is 0 Å². The molecule has 2 aromatic heterocycles. The van der Waals surface area contributed by atoms with E-state index in [4.69, 9.17) is 9.47 Å². The molecule has 1 aliphatic rings. The number of aromatic nitrogens is 2. The van der Waals surface area contributed by atoms with Crippen molar-refractivity contribution in [2.24, 2.45) is 0 Å². The summed E-state index contributed by atoms with van der Waals surface area (Å²) >= 11 is 1.53. The molecule has 0 radical (unpaired) electrons. The summed E-state index contributed by atoms with van der Waals surface area (Å²) in [5, 5.41) is 1.95. The highest BCUT2D eigenvalue weighted by atomic mass is 32.1. The highest BCUT2D eigenvalue weighted by Crippen LogP contribution is 2.30. The molecule has 3 heterocycles. The molecule has 0 saturated carbocycles. The standard InChI is InChI=1S/C21H23N3O3S/c1-26-20-12-16(4-5-19(20)27-13-17-14-28-15-22-17)21(25)24-10-6-18(7-11-24)23-8-2-3-9-23/h2-5,8-9,12,14-15,18H,6-7,10-11,13H2,1H3.